The number of nitrogens with zero attached hydrogens (tertiary/aromatic N) is 1. The Balaban J connectivity index is 1.84. The number of benzene rings is 2. The Hall–Kier alpha value is -3.08. The molecular weight excluding hydrogens is 280 g/mol. The first-order chi connectivity index (χ1) is 10.6. The number of carbonyl (C=O) groups excluding carboxylic acids is 1. The molecule has 5 heteroatoms. The molecule has 0 aliphatic rings. The van der Waals surface area contributed by atoms with Crippen LogP contribution in [0.4, 0.5) is 5.69 Å². The standard InChI is InChI=1S/C17H14N2O3/c1-11-6-2-4-8-13(11)18-17(21)14-10-16(22-19-14)12-7-3-5-9-15(12)20/h2-10,20H,1H3,(H,18,21). The smallest absolute Gasteiger partial charge is 0.277 e. The van der Waals surface area contributed by atoms with Gasteiger partial charge in [0.05, 0.1) is 5.56 Å². The van der Waals surface area contributed by atoms with Crippen LogP contribution < -0.4 is 5.32 Å². The minimum Gasteiger partial charge on any atom is -0.507 e. The van der Waals surface area contributed by atoms with Crippen molar-refractivity contribution in [3.8, 4) is 17.1 Å². The van der Waals surface area contributed by atoms with Crippen LogP contribution in [0.5, 0.6) is 5.75 Å². The van der Waals surface area contributed by atoms with Crippen molar-refractivity contribution in [3.05, 3.63) is 65.9 Å². The molecule has 22 heavy (non-hydrogen) atoms. The number of phenols is 1. The fraction of sp³-hybridized carbons (Fsp3) is 0.0588. The predicted octanol–water partition coefficient (Wildman–Crippen LogP) is 3.61. The molecule has 0 saturated carbocycles. The van der Waals surface area contributed by atoms with Crippen molar-refractivity contribution >= 4 is 11.6 Å². The number of hydrogen-bond acceptors (Lipinski definition) is 4. The van der Waals surface area contributed by atoms with Gasteiger partial charge in [0.2, 0.25) is 0 Å². The molecule has 1 heterocycles. The molecule has 0 fully saturated rings. The van der Waals surface area contributed by atoms with Crippen molar-refractivity contribution in [1.82, 2.24) is 5.16 Å². The second-order valence-corrected chi connectivity index (χ2v) is 4.86. The zero-order valence-electron chi connectivity index (χ0n) is 11.9. The lowest BCUT2D eigenvalue weighted by Gasteiger charge is -2.05. The highest BCUT2D eigenvalue weighted by atomic mass is 16.5. The molecule has 2 aromatic carbocycles. The third kappa shape index (κ3) is 2.69. The first kappa shape index (κ1) is 13.9. The Labute approximate surface area is 127 Å². The van der Waals surface area contributed by atoms with Gasteiger partial charge >= 0.3 is 0 Å². The average Bonchev–Trinajstić information content (AvgIpc) is 3.00. The van der Waals surface area contributed by atoms with Crippen molar-refractivity contribution in [1.29, 1.82) is 0 Å². The van der Waals surface area contributed by atoms with Gasteiger partial charge in [-0.2, -0.15) is 0 Å². The summed E-state index contributed by atoms with van der Waals surface area (Å²) >= 11 is 0. The molecule has 0 spiro atoms. The Bertz CT molecular complexity index is 824. The molecule has 5 nitrogen and oxygen atoms in total. The third-order valence-electron chi connectivity index (χ3n) is 3.31. The SMILES string of the molecule is Cc1ccccc1NC(=O)c1cc(-c2ccccc2O)on1. The molecule has 0 aliphatic carbocycles. The van der Waals surface area contributed by atoms with E-state index in [-0.39, 0.29) is 17.4 Å². The van der Waals surface area contributed by atoms with E-state index in [9.17, 15) is 9.90 Å². The van der Waals surface area contributed by atoms with E-state index in [0.29, 0.717) is 11.3 Å². The number of phenolic OH excluding ortho intramolecular Hbond substituents is 1. The highest BCUT2D eigenvalue weighted by Crippen LogP contribution is 2.29. The number of carbonyl (C=O) groups is 1. The second kappa shape index (κ2) is 5.73. The van der Waals surface area contributed by atoms with Crippen molar-refractivity contribution in [2.75, 3.05) is 5.32 Å². The zero-order chi connectivity index (χ0) is 15.5. The van der Waals surface area contributed by atoms with Gasteiger partial charge < -0.3 is 14.9 Å². The summed E-state index contributed by atoms with van der Waals surface area (Å²) in [6.45, 7) is 1.91. The van der Waals surface area contributed by atoms with E-state index in [1.165, 1.54) is 6.07 Å². The molecule has 3 aromatic rings. The summed E-state index contributed by atoms with van der Waals surface area (Å²) < 4.78 is 5.15. The number of anilines is 1. The largest absolute Gasteiger partial charge is 0.507 e. The molecule has 0 unspecified atom stereocenters. The average molecular weight is 294 g/mol. The van der Waals surface area contributed by atoms with Crippen molar-refractivity contribution < 1.29 is 14.4 Å². The van der Waals surface area contributed by atoms with Gasteiger partial charge in [-0.3, -0.25) is 4.79 Å². The fourth-order valence-corrected chi connectivity index (χ4v) is 2.09. The van der Waals surface area contributed by atoms with Gasteiger partial charge in [0.25, 0.3) is 5.91 Å². The Morgan fingerprint density at radius 3 is 2.64 bits per heavy atom. The van der Waals surface area contributed by atoms with Gasteiger partial charge in [0, 0.05) is 11.8 Å². The number of para-hydroxylation sites is 2. The number of rotatable bonds is 3. The van der Waals surface area contributed by atoms with Crippen LogP contribution in [0.1, 0.15) is 16.1 Å². The molecule has 0 aliphatic heterocycles. The summed E-state index contributed by atoms with van der Waals surface area (Å²) in [5, 5.41) is 16.3. The van der Waals surface area contributed by atoms with Gasteiger partial charge in [-0.05, 0) is 30.7 Å². The van der Waals surface area contributed by atoms with Gasteiger partial charge in [-0.25, -0.2) is 0 Å². The molecule has 0 atom stereocenters. The number of amides is 1. The molecular formula is C17H14N2O3. The molecule has 3 rings (SSSR count). The minimum atomic E-state index is -0.361. The van der Waals surface area contributed by atoms with E-state index in [2.05, 4.69) is 10.5 Å². The molecule has 1 amide bonds. The van der Waals surface area contributed by atoms with Crippen molar-refractivity contribution in [3.63, 3.8) is 0 Å². The summed E-state index contributed by atoms with van der Waals surface area (Å²) in [7, 11) is 0. The molecule has 2 N–H and O–H groups in total. The lowest BCUT2D eigenvalue weighted by molar-refractivity contribution is 0.101. The van der Waals surface area contributed by atoms with E-state index in [1.807, 2.05) is 31.2 Å². The number of aromatic nitrogens is 1. The van der Waals surface area contributed by atoms with E-state index in [1.54, 1.807) is 24.3 Å². The maximum absolute atomic E-state index is 12.2. The summed E-state index contributed by atoms with van der Waals surface area (Å²) in [6.07, 6.45) is 0. The predicted molar refractivity (Wildman–Crippen MR) is 82.7 cm³/mol. The second-order valence-electron chi connectivity index (χ2n) is 4.86. The normalized spacial score (nSPS) is 10.4. The molecule has 0 saturated heterocycles. The van der Waals surface area contributed by atoms with Crippen LogP contribution in [-0.2, 0) is 0 Å². The number of hydrogen-bond donors (Lipinski definition) is 2. The molecule has 0 radical (unpaired) electrons. The van der Waals surface area contributed by atoms with E-state index < -0.39 is 0 Å². The third-order valence-corrected chi connectivity index (χ3v) is 3.31. The summed E-state index contributed by atoms with van der Waals surface area (Å²) in [6, 6.07) is 15.7. The first-order valence-corrected chi connectivity index (χ1v) is 6.77. The Morgan fingerprint density at radius 1 is 1.14 bits per heavy atom. The van der Waals surface area contributed by atoms with Gasteiger partial charge in [-0.1, -0.05) is 35.5 Å². The highest BCUT2D eigenvalue weighted by Gasteiger charge is 2.16. The van der Waals surface area contributed by atoms with Crippen LogP contribution in [0.15, 0.2) is 59.1 Å². The maximum Gasteiger partial charge on any atom is 0.277 e. The van der Waals surface area contributed by atoms with Gasteiger partial charge in [-0.15, -0.1) is 0 Å². The summed E-state index contributed by atoms with van der Waals surface area (Å²) in [5.74, 6) is 0.0530. The topological polar surface area (TPSA) is 75.4 Å². The van der Waals surface area contributed by atoms with Crippen molar-refractivity contribution in [2.45, 2.75) is 6.92 Å². The van der Waals surface area contributed by atoms with Crippen LogP contribution >= 0.6 is 0 Å². The van der Waals surface area contributed by atoms with E-state index in [4.69, 9.17) is 4.52 Å². The van der Waals surface area contributed by atoms with Crippen LogP contribution in [-0.4, -0.2) is 16.2 Å². The monoisotopic (exact) mass is 294 g/mol. The number of aromatic hydroxyl groups is 1. The van der Waals surface area contributed by atoms with Crippen LogP contribution in [0, 0.1) is 6.92 Å². The Kier molecular flexibility index (Phi) is 3.62. The van der Waals surface area contributed by atoms with Crippen LogP contribution in [0.3, 0.4) is 0 Å². The molecule has 1 aromatic heterocycles. The van der Waals surface area contributed by atoms with Crippen LogP contribution in [0.25, 0.3) is 11.3 Å². The Morgan fingerprint density at radius 2 is 1.86 bits per heavy atom. The summed E-state index contributed by atoms with van der Waals surface area (Å²) in [5.41, 5.74) is 2.33. The quantitative estimate of drug-likeness (QED) is 0.773. The lowest BCUT2D eigenvalue weighted by Crippen LogP contribution is -2.12. The zero-order valence-corrected chi connectivity index (χ0v) is 11.9. The van der Waals surface area contributed by atoms with Gasteiger partial charge in [0.1, 0.15) is 5.75 Å². The molecule has 110 valence electrons. The minimum absolute atomic E-state index is 0.0736. The molecule has 0 bridgehead atoms. The lowest BCUT2D eigenvalue weighted by atomic mass is 10.1. The van der Waals surface area contributed by atoms with Crippen molar-refractivity contribution in [2.24, 2.45) is 0 Å². The number of aryl methyl sites for hydroxylation is 1. The maximum atomic E-state index is 12.2. The fourth-order valence-electron chi connectivity index (χ4n) is 2.09. The highest BCUT2D eigenvalue weighted by molar-refractivity contribution is 6.03. The summed E-state index contributed by atoms with van der Waals surface area (Å²) in [4.78, 5) is 12.2. The van der Waals surface area contributed by atoms with E-state index >= 15 is 0 Å². The number of nitrogens with one attached hydrogen (secondary N) is 1. The van der Waals surface area contributed by atoms with Crippen LogP contribution in [0.2, 0.25) is 0 Å². The van der Waals surface area contributed by atoms with Gasteiger partial charge in [0.15, 0.2) is 11.5 Å². The first-order valence-electron chi connectivity index (χ1n) is 6.77. The van der Waals surface area contributed by atoms with E-state index in [0.717, 1.165) is 11.3 Å².